The molecule has 0 aromatic carbocycles. The fourth-order valence-electron chi connectivity index (χ4n) is 4.83. The minimum absolute atomic E-state index is 0.139. The lowest BCUT2D eigenvalue weighted by Crippen LogP contribution is -2.59. The summed E-state index contributed by atoms with van der Waals surface area (Å²) in [6.07, 6.45) is -1.53. The van der Waals surface area contributed by atoms with Crippen molar-refractivity contribution < 1.29 is 22.4 Å². The number of urea groups is 1. The SMILES string of the molecule is CCCNC(=O)N[C@H](C(F)(F)F)[C@@]1(CCc2ccc(F)s2)CCN(C(C)(C)c2ccc(C)nc2)C1. The summed E-state index contributed by atoms with van der Waals surface area (Å²) in [4.78, 5) is 19.5. The van der Waals surface area contributed by atoms with Gasteiger partial charge < -0.3 is 10.6 Å². The van der Waals surface area contributed by atoms with Gasteiger partial charge in [-0.1, -0.05) is 13.0 Å². The van der Waals surface area contributed by atoms with Crippen molar-refractivity contribution in [2.45, 2.75) is 71.1 Å². The first-order valence-electron chi connectivity index (χ1n) is 11.9. The fraction of sp³-hybridized carbons (Fsp3) is 0.600. The van der Waals surface area contributed by atoms with Crippen molar-refractivity contribution in [2.24, 2.45) is 5.41 Å². The summed E-state index contributed by atoms with van der Waals surface area (Å²) in [5.74, 6) is 0. The van der Waals surface area contributed by atoms with E-state index in [-0.39, 0.29) is 31.1 Å². The van der Waals surface area contributed by atoms with E-state index in [1.165, 1.54) is 6.07 Å². The first kappa shape index (κ1) is 27.4. The number of halogens is 4. The fourth-order valence-corrected chi connectivity index (χ4v) is 5.56. The monoisotopic (exact) mass is 514 g/mol. The molecule has 1 aliphatic heterocycles. The van der Waals surface area contributed by atoms with Crippen molar-refractivity contribution in [1.29, 1.82) is 0 Å². The maximum absolute atomic E-state index is 14.5. The average molecular weight is 515 g/mol. The van der Waals surface area contributed by atoms with E-state index in [1.54, 1.807) is 12.3 Å². The number of carbonyl (C=O) groups excluding carboxylic acids is 1. The number of nitrogens with zero attached hydrogens (tertiary/aromatic N) is 2. The third-order valence-electron chi connectivity index (χ3n) is 7.04. The van der Waals surface area contributed by atoms with Crippen LogP contribution >= 0.6 is 11.3 Å². The topological polar surface area (TPSA) is 57.3 Å². The third kappa shape index (κ3) is 6.52. The Bertz CT molecular complexity index is 992. The van der Waals surface area contributed by atoms with E-state index < -0.39 is 29.2 Å². The second kappa shape index (κ2) is 10.8. The minimum Gasteiger partial charge on any atom is -0.338 e. The van der Waals surface area contributed by atoms with E-state index in [9.17, 15) is 22.4 Å². The van der Waals surface area contributed by atoms with Crippen molar-refractivity contribution in [3.63, 3.8) is 0 Å². The van der Waals surface area contributed by atoms with Gasteiger partial charge in [0.05, 0.1) is 0 Å². The number of alkyl halides is 3. The standard InChI is InChI=1S/C25H34F4N4OS/c1-5-13-30-22(34)32-21(25(27,28)29)24(11-10-19-8-9-20(26)35-19)12-14-33(16-24)23(3,4)18-7-6-17(2)31-15-18/h6-9,15,21H,5,10-14,16H2,1-4H3,(H2,30,32,34)/t21-,24-/m0/s1. The lowest BCUT2D eigenvalue weighted by atomic mass is 9.74. The van der Waals surface area contributed by atoms with E-state index in [2.05, 4.69) is 15.6 Å². The molecule has 2 aromatic rings. The Hall–Kier alpha value is -2.20. The van der Waals surface area contributed by atoms with Crippen LogP contribution in [0.15, 0.2) is 30.5 Å². The van der Waals surface area contributed by atoms with Crippen LogP contribution in [0.25, 0.3) is 0 Å². The predicted molar refractivity (Wildman–Crippen MR) is 130 cm³/mol. The summed E-state index contributed by atoms with van der Waals surface area (Å²) in [6, 6.07) is 3.94. The Labute approximate surface area is 208 Å². The average Bonchev–Trinajstić information content (AvgIpc) is 3.41. The number of rotatable bonds is 9. The summed E-state index contributed by atoms with van der Waals surface area (Å²) in [5, 5.41) is 4.39. The Balaban J connectivity index is 1.92. The highest BCUT2D eigenvalue weighted by molar-refractivity contribution is 7.10. The van der Waals surface area contributed by atoms with Gasteiger partial charge in [0.15, 0.2) is 5.13 Å². The van der Waals surface area contributed by atoms with Crippen LogP contribution in [-0.4, -0.2) is 47.8 Å². The number of pyridine rings is 1. The van der Waals surface area contributed by atoms with Crippen LogP contribution in [0.4, 0.5) is 22.4 Å². The second-order valence-electron chi connectivity index (χ2n) is 9.86. The van der Waals surface area contributed by atoms with E-state index >= 15 is 0 Å². The number of nitrogens with one attached hydrogen (secondary N) is 2. The molecule has 1 fully saturated rings. The molecule has 2 amide bonds. The van der Waals surface area contributed by atoms with Crippen molar-refractivity contribution >= 4 is 17.4 Å². The molecule has 2 aromatic heterocycles. The third-order valence-corrected chi connectivity index (χ3v) is 7.98. The molecule has 0 spiro atoms. The summed E-state index contributed by atoms with van der Waals surface area (Å²) in [6.45, 7) is 8.54. The van der Waals surface area contributed by atoms with Gasteiger partial charge in [-0.15, -0.1) is 11.3 Å². The van der Waals surface area contributed by atoms with Crippen LogP contribution in [0.3, 0.4) is 0 Å². The molecule has 3 heterocycles. The summed E-state index contributed by atoms with van der Waals surface area (Å²) in [7, 11) is 0. The number of aryl methyl sites for hydroxylation is 2. The molecule has 0 radical (unpaired) electrons. The van der Waals surface area contributed by atoms with Crippen LogP contribution in [-0.2, 0) is 12.0 Å². The van der Waals surface area contributed by atoms with Gasteiger partial charge in [-0.25, -0.2) is 4.79 Å². The zero-order valence-electron chi connectivity index (χ0n) is 20.6. The molecule has 35 heavy (non-hydrogen) atoms. The number of likely N-dealkylation sites (tertiary alicyclic amines) is 1. The van der Waals surface area contributed by atoms with Gasteiger partial charge in [0.2, 0.25) is 0 Å². The van der Waals surface area contributed by atoms with Crippen molar-refractivity contribution in [3.05, 3.63) is 51.7 Å². The number of carbonyl (C=O) groups is 1. The summed E-state index contributed by atoms with van der Waals surface area (Å²) < 4.78 is 57.0. The summed E-state index contributed by atoms with van der Waals surface area (Å²) in [5.41, 5.74) is -0.0465. The van der Waals surface area contributed by atoms with Gasteiger partial charge in [-0.2, -0.15) is 17.6 Å². The first-order valence-corrected chi connectivity index (χ1v) is 12.7. The first-order chi connectivity index (χ1) is 16.4. The Morgan fingerprint density at radius 1 is 1.26 bits per heavy atom. The molecule has 1 saturated heterocycles. The van der Waals surface area contributed by atoms with Crippen LogP contribution < -0.4 is 10.6 Å². The molecule has 2 atom stereocenters. The van der Waals surface area contributed by atoms with Crippen LogP contribution in [0.1, 0.15) is 56.2 Å². The Kier molecular flexibility index (Phi) is 8.47. The van der Waals surface area contributed by atoms with Gasteiger partial charge in [-0.3, -0.25) is 9.88 Å². The molecule has 0 saturated carbocycles. The smallest absolute Gasteiger partial charge is 0.338 e. The number of aromatic nitrogens is 1. The van der Waals surface area contributed by atoms with Crippen molar-refractivity contribution in [1.82, 2.24) is 20.5 Å². The molecule has 0 unspecified atom stereocenters. The molecule has 0 bridgehead atoms. The molecule has 10 heteroatoms. The molecule has 5 nitrogen and oxygen atoms in total. The maximum atomic E-state index is 14.5. The van der Waals surface area contributed by atoms with Crippen LogP contribution in [0.5, 0.6) is 0 Å². The second-order valence-corrected chi connectivity index (χ2v) is 11.0. The normalized spacial score (nSPS) is 20.1. The van der Waals surface area contributed by atoms with Gasteiger partial charge >= 0.3 is 12.2 Å². The summed E-state index contributed by atoms with van der Waals surface area (Å²) >= 11 is 0.949. The molecule has 1 aliphatic rings. The predicted octanol–water partition coefficient (Wildman–Crippen LogP) is 5.79. The molecule has 3 rings (SSSR count). The molecular formula is C25H34F4N4OS. The highest BCUT2D eigenvalue weighted by Gasteiger charge is 2.57. The molecule has 0 aliphatic carbocycles. The largest absolute Gasteiger partial charge is 0.409 e. The minimum atomic E-state index is -4.64. The van der Waals surface area contributed by atoms with E-state index in [4.69, 9.17) is 0 Å². The zero-order chi connectivity index (χ0) is 25.9. The quantitative estimate of drug-likeness (QED) is 0.417. The maximum Gasteiger partial charge on any atom is 0.409 e. The highest BCUT2D eigenvalue weighted by Crippen LogP contribution is 2.48. The molecule has 2 N–H and O–H groups in total. The Morgan fingerprint density at radius 3 is 2.57 bits per heavy atom. The highest BCUT2D eigenvalue weighted by atomic mass is 32.1. The van der Waals surface area contributed by atoms with E-state index in [0.29, 0.717) is 24.3 Å². The number of hydrogen-bond acceptors (Lipinski definition) is 4. The van der Waals surface area contributed by atoms with E-state index in [1.807, 2.05) is 44.7 Å². The lowest BCUT2D eigenvalue weighted by molar-refractivity contribution is -0.181. The van der Waals surface area contributed by atoms with Crippen molar-refractivity contribution in [3.8, 4) is 0 Å². The van der Waals surface area contributed by atoms with Crippen LogP contribution in [0, 0.1) is 17.5 Å². The zero-order valence-corrected chi connectivity index (χ0v) is 21.5. The van der Waals surface area contributed by atoms with Gasteiger partial charge in [0.1, 0.15) is 6.04 Å². The van der Waals surface area contributed by atoms with E-state index in [0.717, 1.165) is 22.6 Å². The number of amides is 2. The molecule has 194 valence electrons. The van der Waals surface area contributed by atoms with Gasteiger partial charge in [-0.05, 0) is 76.8 Å². The number of hydrogen-bond donors (Lipinski definition) is 2. The number of thiophene rings is 1. The Morgan fingerprint density at radius 2 is 2.00 bits per heavy atom. The lowest BCUT2D eigenvalue weighted by Gasteiger charge is -2.42. The van der Waals surface area contributed by atoms with Crippen LogP contribution in [0.2, 0.25) is 0 Å². The van der Waals surface area contributed by atoms with Crippen molar-refractivity contribution in [2.75, 3.05) is 19.6 Å². The van der Waals surface area contributed by atoms with Gasteiger partial charge in [0.25, 0.3) is 0 Å². The molecular weight excluding hydrogens is 480 g/mol. The van der Waals surface area contributed by atoms with Gasteiger partial charge in [0, 0.05) is 40.8 Å².